The normalized spacial score (nSPS) is 10.7. The molecule has 7 nitrogen and oxygen atoms in total. The predicted octanol–water partition coefficient (Wildman–Crippen LogP) is 5.57. The van der Waals surface area contributed by atoms with E-state index in [4.69, 9.17) is 16.3 Å². The Hall–Kier alpha value is -2.28. The molecule has 3 aromatic carbocycles. The van der Waals surface area contributed by atoms with Crippen molar-refractivity contribution in [1.82, 2.24) is 10.7 Å². The van der Waals surface area contributed by atoms with Gasteiger partial charge in [-0.25, -0.2) is 10.2 Å². The van der Waals surface area contributed by atoms with E-state index < -0.39 is 17.8 Å². The summed E-state index contributed by atoms with van der Waals surface area (Å²) in [4.78, 5) is 36.8. The lowest BCUT2D eigenvalue weighted by molar-refractivity contribution is -0.120. The van der Waals surface area contributed by atoms with Gasteiger partial charge >= 0.3 is 5.97 Å². The monoisotopic (exact) mass is 717 g/mol. The zero-order valence-corrected chi connectivity index (χ0v) is 23.2. The van der Waals surface area contributed by atoms with E-state index in [1.807, 2.05) is 6.07 Å². The average molecular weight is 720 g/mol. The largest absolute Gasteiger partial charge is 0.421 e. The van der Waals surface area contributed by atoms with Crippen molar-refractivity contribution in [3.8, 4) is 5.75 Å². The molecule has 0 atom stereocenters. The molecular weight excluding hydrogens is 704 g/mol. The summed E-state index contributed by atoms with van der Waals surface area (Å²) in [6.07, 6.45) is 1.34. The van der Waals surface area contributed by atoms with Gasteiger partial charge in [-0.05, 0) is 87.1 Å². The lowest BCUT2D eigenvalue weighted by Gasteiger charge is -2.11. The van der Waals surface area contributed by atoms with Crippen LogP contribution in [-0.2, 0) is 4.79 Å². The van der Waals surface area contributed by atoms with Crippen LogP contribution < -0.4 is 15.5 Å². The first-order valence-electron chi connectivity index (χ1n) is 9.56. The van der Waals surface area contributed by atoms with Gasteiger partial charge in [0.05, 0.1) is 22.8 Å². The number of hydrogen-bond acceptors (Lipinski definition) is 5. The minimum atomic E-state index is -0.537. The zero-order chi connectivity index (χ0) is 24.7. The highest BCUT2D eigenvalue weighted by Gasteiger charge is 2.17. The molecule has 0 aliphatic carbocycles. The predicted molar refractivity (Wildman–Crippen MR) is 145 cm³/mol. The molecule has 0 aliphatic rings. The van der Waals surface area contributed by atoms with E-state index in [2.05, 4.69) is 70.3 Å². The second-order valence-corrected chi connectivity index (χ2v) is 10.0. The highest BCUT2D eigenvalue weighted by atomic mass is 127. The average Bonchev–Trinajstić information content (AvgIpc) is 2.80. The smallest absolute Gasteiger partial charge is 0.344 e. The van der Waals surface area contributed by atoms with Crippen LogP contribution in [0.15, 0.2) is 74.7 Å². The van der Waals surface area contributed by atoms with Crippen molar-refractivity contribution >= 4 is 90.0 Å². The van der Waals surface area contributed by atoms with Crippen LogP contribution >= 0.6 is 66.1 Å². The van der Waals surface area contributed by atoms with E-state index in [1.165, 1.54) is 6.21 Å². The molecule has 34 heavy (non-hydrogen) atoms. The molecule has 0 aliphatic heterocycles. The summed E-state index contributed by atoms with van der Waals surface area (Å²) in [7, 11) is 0. The van der Waals surface area contributed by atoms with Crippen LogP contribution in [0.4, 0.5) is 0 Å². The Labute approximate surface area is 230 Å². The standard InChI is InChI=1S/C23H15Br2ClIN3O4/c24-15-9-14(21(18(25)10-15)34-23(33)17-3-1-2-4-19(17)27)11-29-30-20(31)12-28-22(32)13-5-7-16(26)8-6-13/h1-11H,12H2,(H,28,32)(H,30,31)/b29-11+. The van der Waals surface area contributed by atoms with Gasteiger partial charge in [0.2, 0.25) is 0 Å². The summed E-state index contributed by atoms with van der Waals surface area (Å²) in [5.74, 6) is -1.25. The highest BCUT2D eigenvalue weighted by Crippen LogP contribution is 2.33. The van der Waals surface area contributed by atoms with Gasteiger partial charge in [0.15, 0.2) is 5.75 Å². The summed E-state index contributed by atoms with van der Waals surface area (Å²) < 4.78 is 7.58. The number of hydrazone groups is 1. The maximum atomic E-state index is 12.7. The van der Waals surface area contributed by atoms with Crippen LogP contribution in [0.3, 0.4) is 0 Å². The number of ether oxygens (including phenoxy) is 1. The molecule has 0 unspecified atom stereocenters. The summed E-state index contributed by atoms with van der Waals surface area (Å²) in [6.45, 7) is -0.282. The fourth-order valence-electron chi connectivity index (χ4n) is 2.64. The van der Waals surface area contributed by atoms with Gasteiger partial charge in [-0.15, -0.1) is 0 Å². The number of benzene rings is 3. The molecule has 0 spiro atoms. The minimum Gasteiger partial charge on any atom is -0.421 e. The Kier molecular flexibility index (Phi) is 9.63. The summed E-state index contributed by atoms with van der Waals surface area (Å²) in [6, 6.07) is 16.7. The van der Waals surface area contributed by atoms with Crippen LogP contribution in [0, 0.1) is 3.57 Å². The molecule has 0 saturated heterocycles. The van der Waals surface area contributed by atoms with Crippen molar-refractivity contribution in [1.29, 1.82) is 0 Å². The number of carbonyl (C=O) groups excluding carboxylic acids is 3. The van der Waals surface area contributed by atoms with Crippen molar-refractivity contribution in [2.75, 3.05) is 6.54 Å². The quantitative estimate of drug-likeness (QED) is 0.110. The third kappa shape index (κ3) is 7.36. The topological polar surface area (TPSA) is 96.9 Å². The van der Waals surface area contributed by atoms with Gasteiger partial charge in [-0.2, -0.15) is 5.10 Å². The molecule has 0 saturated carbocycles. The Morgan fingerprint density at radius 1 is 1.06 bits per heavy atom. The van der Waals surface area contributed by atoms with E-state index in [9.17, 15) is 14.4 Å². The molecule has 2 N–H and O–H groups in total. The van der Waals surface area contributed by atoms with E-state index in [-0.39, 0.29) is 12.3 Å². The number of carbonyl (C=O) groups is 3. The fourth-order valence-corrected chi connectivity index (χ4v) is 4.71. The molecule has 0 heterocycles. The minimum absolute atomic E-state index is 0.238. The number of halogens is 4. The fraction of sp³-hybridized carbons (Fsp3) is 0.0435. The van der Waals surface area contributed by atoms with Gasteiger partial charge in [0.25, 0.3) is 11.8 Å². The van der Waals surface area contributed by atoms with Crippen molar-refractivity contribution in [2.45, 2.75) is 0 Å². The Morgan fingerprint density at radius 3 is 2.47 bits per heavy atom. The van der Waals surface area contributed by atoms with Crippen LogP contribution in [0.2, 0.25) is 5.02 Å². The second kappa shape index (κ2) is 12.4. The van der Waals surface area contributed by atoms with Crippen LogP contribution in [0.25, 0.3) is 0 Å². The number of nitrogens with one attached hydrogen (secondary N) is 2. The lowest BCUT2D eigenvalue weighted by Crippen LogP contribution is -2.34. The molecule has 0 fully saturated rings. The van der Waals surface area contributed by atoms with Gasteiger partial charge in [0.1, 0.15) is 0 Å². The highest BCUT2D eigenvalue weighted by molar-refractivity contribution is 14.1. The number of rotatable bonds is 7. The maximum absolute atomic E-state index is 12.7. The number of esters is 1. The molecular formula is C23H15Br2ClIN3O4. The Balaban J connectivity index is 1.65. The number of nitrogens with zero attached hydrogens (tertiary/aromatic N) is 1. The van der Waals surface area contributed by atoms with Gasteiger partial charge in [0, 0.05) is 24.2 Å². The SMILES string of the molecule is O=C(CNC(=O)c1ccc(Cl)cc1)N/N=C/c1cc(Br)cc(Br)c1OC(=O)c1ccccc1I. The van der Waals surface area contributed by atoms with Gasteiger partial charge in [-0.1, -0.05) is 39.7 Å². The first kappa shape index (κ1) is 26.3. The molecule has 0 bridgehead atoms. The first-order chi connectivity index (χ1) is 16.2. The molecule has 3 rings (SSSR count). The summed E-state index contributed by atoms with van der Waals surface area (Å²) in [5, 5.41) is 6.92. The van der Waals surface area contributed by atoms with Crippen LogP contribution in [0.1, 0.15) is 26.3 Å². The van der Waals surface area contributed by atoms with E-state index >= 15 is 0 Å². The van der Waals surface area contributed by atoms with E-state index in [1.54, 1.807) is 54.6 Å². The van der Waals surface area contributed by atoms with Gasteiger partial charge < -0.3 is 10.1 Å². The van der Waals surface area contributed by atoms with Crippen molar-refractivity contribution in [3.05, 3.63) is 94.9 Å². The Bertz CT molecular complexity index is 1270. The zero-order valence-electron chi connectivity index (χ0n) is 17.2. The second-order valence-electron chi connectivity index (χ2n) is 6.66. The third-order valence-electron chi connectivity index (χ3n) is 4.23. The number of hydrogen-bond donors (Lipinski definition) is 2. The lowest BCUT2D eigenvalue weighted by atomic mass is 10.2. The molecule has 3 aromatic rings. The molecule has 0 aromatic heterocycles. The van der Waals surface area contributed by atoms with Gasteiger partial charge in [-0.3, -0.25) is 9.59 Å². The third-order valence-corrected chi connectivity index (χ3v) is 6.47. The number of amides is 2. The molecule has 11 heteroatoms. The van der Waals surface area contributed by atoms with Crippen LogP contribution in [0.5, 0.6) is 5.75 Å². The molecule has 174 valence electrons. The summed E-state index contributed by atoms with van der Waals surface area (Å²) >= 11 is 14.6. The van der Waals surface area contributed by atoms with Crippen molar-refractivity contribution < 1.29 is 19.1 Å². The van der Waals surface area contributed by atoms with Crippen molar-refractivity contribution in [2.24, 2.45) is 5.10 Å². The summed E-state index contributed by atoms with van der Waals surface area (Å²) in [5.41, 5.74) is 3.56. The Morgan fingerprint density at radius 2 is 1.76 bits per heavy atom. The molecule has 0 radical (unpaired) electrons. The first-order valence-corrected chi connectivity index (χ1v) is 12.6. The molecule has 2 amide bonds. The maximum Gasteiger partial charge on any atom is 0.344 e. The van der Waals surface area contributed by atoms with E-state index in [0.717, 1.165) is 3.57 Å². The van der Waals surface area contributed by atoms with Crippen LogP contribution in [-0.4, -0.2) is 30.5 Å². The van der Waals surface area contributed by atoms with E-state index in [0.29, 0.717) is 30.7 Å². The van der Waals surface area contributed by atoms with Crippen molar-refractivity contribution in [3.63, 3.8) is 0 Å².